The number of methoxy groups -OCH3 is 1. The van der Waals surface area contributed by atoms with E-state index < -0.39 is 11.7 Å². The Labute approximate surface area is 167 Å². The first-order valence-electron chi connectivity index (χ1n) is 8.88. The van der Waals surface area contributed by atoms with E-state index in [0.29, 0.717) is 35.2 Å². The fourth-order valence-electron chi connectivity index (χ4n) is 2.78. The van der Waals surface area contributed by atoms with Gasteiger partial charge < -0.3 is 14.8 Å². The molecule has 148 valence electrons. The second kappa shape index (κ2) is 9.52. The topological polar surface area (TPSA) is 71.9 Å². The molecule has 1 aliphatic heterocycles. The Morgan fingerprint density at radius 2 is 2.11 bits per heavy atom. The van der Waals surface area contributed by atoms with Crippen LogP contribution in [-0.4, -0.2) is 38.2 Å². The number of nitrogens with zero attached hydrogens (tertiary/aromatic N) is 1. The predicted molar refractivity (Wildman–Crippen MR) is 107 cm³/mol. The second-order valence-corrected chi connectivity index (χ2v) is 6.69. The lowest BCUT2D eigenvalue weighted by Crippen LogP contribution is -2.36. The number of guanidine groups is 1. The summed E-state index contributed by atoms with van der Waals surface area (Å²) in [4.78, 5) is 17.0. The van der Waals surface area contributed by atoms with Crippen molar-refractivity contribution < 1.29 is 18.7 Å². The number of nitrogens with one attached hydrogen (secondary N) is 2. The normalized spacial score (nSPS) is 16.7. The lowest BCUT2D eigenvalue weighted by Gasteiger charge is -2.15. The first kappa shape index (κ1) is 20.1. The molecule has 1 fully saturated rings. The maximum atomic E-state index is 13.1. The maximum absolute atomic E-state index is 13.1. The number of amides is 1. The standard InChI is InChI=1S/C20H21ClFN3O3/c1-27-18-9-6-14(21)11-17(18)24-20(23-12-16-3-2-10-28-16)25-19(26)13-4-7-15(22)8-5-13/h4-9,11,16H,2-3,10,12H2,1H3,(H2,23,24,25,26)/t16-/m1/s1. The molecule has 3 rings (SSSR count). The van der Waals surface area contributed by atoms with Gasteiger partial charge in [0.25, 0.3) is 5.91 Å². The van der Waals surface area contributed by atoms with Crippen molar-refractivity contribution in [3.05, 3.63) is 58.9 Å². The number of hydrogen-bond acceptors (Lipinski definition) is 4. The average molecular weight is 406 g/mol. The van der Waals surface area contributed by atoms with Gasteiger partial charge in [0.05, 0.1) is 25.4 Å². The molecule has 0 radical (unpaired) electrons. The number of carbonyl (C=O) groups is 1. The molecule has 0 aliphatic carbocycles. The Balaban J connectivity index is 1.80. The molecule has 0 spiro atoms. The summed E-state index contributed by atoms with van der Waals surface area (Å²) in [6.07, 6.45) is 1.93. The van der Waals surface area contributed by atoms with Gasteiger partial charge in [-0.15, -0.1) is 0 Å². The van der Waals surface area contributed by atoms with Crippen LogP contribution >= 0.6 is 11.6 Å². The predicted octanol–water partition coefficient (Wildman–Crippen LogP) is 3.86. The molecule has 1 atom stereocenters. The third kappa shape index (κ3) is 5.43. The summed E-state index contributed by atoms with van der Waals surface area (Å²) < 4.78 is 24.0. The molecule has 2 aromatic carbocycles. The van der Waals surface area contributed by atoms with Crippen LogP contribution in [0.3, 0.4) is 0 Å². The molecule has 8 heteroatoms. The van der Waals surface area contributed by atoms with Crippen LogP contribution in [0.25, 0.3) is 0 Å². The molecule has 2 aromatic rings. The molecule has 1 amide bonds. The fraction of sp³-hybridized carbons (Fsp3) is 0.300. The zero-order valence-corrected chi connectivity index (χ0v) is 16.1. The van der Waals surface area contributed by atoms with Crippen LogP contribution in [0.1, 0.15) is 23.2 Å². The first-order valence-corrected chi connectivity index (χ1v) is 9.26. The van der Waals surface area contributed by atoms with E-state index in [1.165, 1.54) is 31.4 Å². The van der Waals surface area contributed by atoms with Gasteiger partial charge in [0.1, 0.15) is 11.6 Å². The van der Waals surface area contributed by atoms with Crippen molar-refractivity contribution in [3.63, 3.8) is 0 Å². The van der Waals surface area contributed by atoms with Crippen molar-refractivity contribution in [1.82, 2.24) is 5.32 Å². The highest BCUT2D eigenvalue weighted by atomic mass is 35.5. The molecule has 0 unspecified atom stereocenters. The molecule has 0 saturated carbocycles. The van der Waals surface area contributed by atoms with Gasteiger partial charge in [-0.1, -0.05) is 11.6 Å². The number of rotatable bonds is 5. The number of carbonyl (C=O) groups excluding carboxylic acids is 1. The molecule has 28 heavy (non-hydrogen) atoms. The molecular weight excluding hydrogens is 385 g/mol. The number of benzene rings is 2. The van der Waals surface area contributed by atoms with Gasteiger partial charge in [-0.2, -0.15) is 0 Å². The van der Waals surface area contributed by atoms with Gasteiger partial charge in [-0.3, -0.25) is 10.1 Å². The Hall–Kier alpha value is -2.64. The van der Waals surface area contributed by atoms with Crippen molar-refractivity contribution in [2.75, 3.05) is 25.6 Å². The lowest BCUT2D eigenvalue weighted by molar-refractivity contribution is 0.0975. The Morgan fingerprint density at radius 3 is 2.79 bits per heavy atom. The van der Waals surface area contributed by atoms with Crippen LogP contribution in [0.15, 0.2) is 47.5 Å². The van der Waals surface area contributed by atoms with Crippen LogP contribution in [0.5, 0.6) is 5.75 Å². The highest BCUT2D eigenvalue weighted by molar-refractivity contribution is 6.31. The van der Waals surface area contributed by atoms with Crippen molar-refractivity contribution in [1.29, 1.82) is 0 Å². The second-order valence-electron chi connectivity index (χ2n) is 6.25. The smallest absolute Gasteiger partial charge is 0.257 e. The Bertz CT molecular complexity index is 852. The SMILES string of the molecule is COc1ccc(Cl)cc1NC(=NC[C@H]1CCCO1)NC(=O)c1ccc(F)cc1. The van der Waals surface area contributed by atoms with E-state index in [9.17, 15) is 9.18 Å². The van der Waals surface area contributed by atoms with Crippen LogP contribution in [0.2, 0.25) is 5.02 Å². The third-order valence-electron chi connectivity index (χ3n) is 4.23. The van der Waals surface area contributed by atoms with E-state index >= 15 is 0 Å². The van der Waals surface area contributed by atoms with Crippen molar-refractivity contribution in [2.45, 2.75) is 18.9 Å². The zero-order chi connectivity index (χ0) is 19.9. The summed E-state index contributed by atoms with van der Waals surface area (Å²) >= 11 is 6.08. The Kier molecular flexibility index (Phi) is 6.84. The number of ether oxygens (including phenoxy) is 2. The molecule has 1 aliphatic rings. The summed E-state index contributed by atoms with van der Waals surface area (Å²) in [7, 11) is 1.54. The quantitative estimate of drug-likeness (QED) is 0.585. The van der Waals surface area contributed by atoms with Gasteiger partial charge in [0, 0.05) is 17.2 Å². The van der Waals surface area contributed by atoms with Crippen molar-refractivity contribution in [2.24, 2.45) is 4.99 Å². The van der Waals surface area contributed by atoms with E-state index in [0.717, 1.165) is 12.8 Å². The number of anilines is 1. The van der Waals surface area contributed by atoms with Crippen LogP contribution in [0, 0.1) is 5.82 Å². The Morgan fingerprint density at radius 1 is 1.32 bits per heavy atom. The van der Waals surface area contributed by atoms with Gasteiger partial charge >= 0.3 is 0 Å². The largest absolute Gasteiger partial charge is 0.495 e. The third-order valence-corrected chi connectivity index (χ3v) is 4.47. The molecule has 6 nitrogen and oxygen atoms in total. The minimum absolute atomic E-state index is 0.0146. The van der Waals surface area contributed by atoms with E-state index in [-0.39, 0.29) is 12.1 Å². The van der Waals surface area contributed by atoms with Crippen molar-refractivity contribution >= 4 is 29.2 Å². The number of halogens is 2. The first-order chi connectivity index (χ1) is 13.5. The molecule has 0 bridgehead atoms. The van der Waals surface area contributed by atoms with Gasteiger partial charge in [-0.25, -0.2) is 9.38 Å². The average Bonchev–Trinajstić information content (AvgIpc) is 3.20. The summed E-state index contributed by atoms with van der Waals surface area (Å²) in [5, 5.41) is 6.28. The summed E-state index contributed by atoms with van der Waals surface area (Å²) in [5.41, 5.74) is 0.867. The molecule has 1 heterocycles. The van der Waals surface area contributed by atoms with Crippen LogP contribution in [-0.2, 0) is 4.74 Å². The monoisotopic (exact) mass is 405 g/mol. The summed E-state index contributed by atoms with van der Waals surface area (Å²) in [6.45, 7) is 1.11. The summed E-state index contributed by atoms with van der Waals surface area (Å²) in [5.74, 6) is -0.0548. The molecule has 2 N–H and O–H groups in total. The summed E-state index contributed by atoms with van der Waals surface area (Å²) in [6, 6.07) is 10.4. The maximum Gasteiger partial charge on any atom is 0.257 e. The highest BCUT2D eigenvalue weighted by Gasteiger charge is 2.17. The van der Waals surface area contributed by atoms with E-state index in [2.05, 4.69) is 15.6 Å². The number of aliphatic imine (C=N–C) groups is 1. The molecule has 1 saturated heterocycles. The van der Waals surface area contributed by atoms with E-state index in [1.807, 2.05) is 0 Å². The van der Waals surface area contributed by atoms with Crippen LogP contribution in [0.4, 0.5) is 10.1 Å². The van der Waals surface area contributed by atoms with Gasteiger partial charge in [0.15, 0.2) is 0 Å². The minimum Gasteiger partial charge on any atom is -0.495 e. The highest BCUT2D eigenvalue weighted by Crippen LogP contribution is 2.27. The zero-order valence-electron chi connectivity index (χ0n) is 15.4. The molecule has 0 aromatic heterocycles. The molecular formula is C20H21ClFN3O3. The van der Waals surface area contributed by atoms with Gasteiger partial charge in [0.2, 0.25) is 5.96 Å². The van der Waals surface area contributed by atoms with E-state index in [1.54, 1.807) is 18.2 Å². The van der Waals surface area contributed by atoms with Crippen molar-refractivity contribution in [3.8, 4) is 5.75 Å². The van der Waals surface area contributed by atoms with E-state index in [4.69, 9.17) is 21.1 Å². The lowest BCUT2D eigenvalue weighted by atomic mass is 10.2. The minimum atomic E-state index is -0.417. The fourth-order valence-corrected chi connectivity index (χ4v) is 2.95. The van der Waals surface area contributed by atoms with Gasteiger partial charge in [-0.05, 0) is 55.3 Å². The number of hydrogen-bond donors (Lipinski definition) is 2. The van der Waals surface area contributed by atoms with Crippen LogP contribution < -0.4 is 15.4 Å².